The summed E-state index contributed by atoms with van der Waals surface area (Å²) in [5, 5.41) is 5.54. The lowest BCUT2D eigenvalue weighted by atomic mass is 10.0. The molecule has 1 fully saturated rings. The van der Waals surface area contributed by atoms with E-state index in [1.807, 2.05) is 30.3 Å². The first-order valence-electron chi connectivity index (χ1n) is 9.66. The minimum Gasteiger partial charge on any atom is -0.379 e. The number of nitrogens with one attached hydrogen (secondary N) is 2. The van der Waals surface area contributed by atoms with Gasteiger partial charge in [0.2, 0.25) is 21.8 Å². The van der Waals surface area contributed by atoms with Crippen molar-refractivity contribution < 1.29 is 22.7 Å². The molecule has 3 rings (SSSR count). The highest BCUT2D eigenvalue weighted by Crippen LogP contribution is 2.21. The first-order chi connectivity index (χ1) is 14.4. The van der Waals surface area contributed by atoms with Gasteiger partial charge in [0.1, 0.15) is 0 Å². The molecule has 2 aromatic carbocycles. The van der Waals surface area contributed by atoms with Gasteiger partial charge in [0.05, 0.1) is 30.6 Å². The van der Waals surface area contributed by atoms with Crippen LogP contribution in [0.25, 0.3) is 0 Å². The van der Waals surface area contributed by atoms with Gasteiger partial charge >= 0.3 is 0 Å². The standard InChI is InChI=1S/C21H25N3O5S/c1-16(25)22-20(17-5-3-2-4-6-17)15-21(26)23-18-7-9-19(10-8-18)30(27,28)24-11-13-29-14-12-24/h2-10,20H,11-15H2,1H3,(H,22,25)(H,23,26)/t20-/m1/s1. The van der Waals surface area contributed by atoms with Crippen LogP contribution in [0.3, 0.4) is 0 Å². The van der Waals surface area contributed by atoms with Crippen LogP contribution in [0.1, 0.15) is 24.9 Å². The molecule has 1 aliphatic rings. The molecule has 9 heteroatoms. The van der Waals surface area contributed by atoms with Crippen LogP contribution < -0.4 is 10.6 Å². The number of nitrogens with zero attached hydrogens (tertiary/aromatic N) is 1. The predicted octanol–water partition coefficient (Wildman–Crippen LogP) is 1.91. The lowest BCUT2D eigenvalue weighted by Gasteiger charge is -2.26. The molecule has 1 aliphatic heterocycles. The van der Waals surface area contributed by atoms with E-state index in [2.05, 4.69) is 10.6 Å². The second-order valence-electron chi connectivity index (χ2n) is 6.96. The van der Waals surface area contributed by atoms with Crippen LogP contribution in [0.5, 0.6) is 0 Å². The number of amides is 2. The quantitative estimate of drug-likeness (QED) is 0.697. The summed E-state index contributed by atoms with van der Waals surface area (Å²) in [6, 6.07) is 14.9. The monoisotopic (exact) mass is 431 g/mol. The van der Waals surface area contributed by atoms with Gasteiger partial charge in [-0.3, -0.25) is 9.59 Å². The van der Waals surface area contributed by atoms with E-state index in [-0.39, 0.29) is 23.1 Å². The fourth-order valence-corrected chi connectivity index (χ4v) is 4.63. The van der Waals surface area contributed by atoms with Crippen molar-refractivity contribution >= 4 is 27.5 Å². The molecular weight excluding hydrogens is 406 g/mol. The van der Waals surface area contributed by atoms with Crippen molar-refractivity contribution in [2.45, 2.75) is 24.3 Å². The molecule has 160 valence electrons. The molecule has 0 radical (unpaired) electrons. The van der Waals surface area contributed by atoms with E-state index in [1.54, 1.807) is 12.1 Å². The van der Waals surface area contributed by atoms with E-state index in [0.717, 1.165) is 5.56 Å². The molecule has 1 atom stereocenters. The molecule has 1 saturated heterocycles. The third-order valence-electron chi connectivity index (χ3n) is 4.71. The van der Waals surface area contributed by atoms with Gasteiger partial charge in [-0.1, -0.05) is 30.3 Å². The second-order valence-corrected chi connectivity index (χ2v) is 8.89. The Balaban J connectivity index is 1.65. The molecule has 1 heterocycles. The largest absolute Gasteiger partial charge is 0.379 e. The van der Waals surface area contributed by atoms with E-state index in [0.29, 0.717) is 32.0 Å². The van der Waals surface area contributed by atoms with Gasteiger partial charge in [-0.05, 0) is 29.8 Å². The van der Waals surface area contributed by atoms with Crippen molar-refractivity contribution in [2.75, 3.05) is 31.6 Å². The van der Waals surface area contributed by atoms with Crippen LogP contribution in [0.15, 0.2) is 59.5 Å². The lowest BCUT2D eigenvalue weighted by Crippen LogP contribution is -2.40. The number of sulfonamides is 1. The van der Waals surface area contributed by atoms with Gasteiger partial charge in [0.15, 0.2) is 0 Å². The van der Waals surface area contributed by atoms with Crippen LogP contribution in [0.2, 0.25) is 0 Å². The maximum absolute atomic E-state index is 12.7. The average Bonchev–Trinajstić information content (AvgIpc) is 2.74. The fraction of sp³-hybridized carbons (Fsp3) is 0.333. The Labute approximate surface area is 176 Å². The molecule has 0 unspecified atom stereocenters. The highest BCUT2D eigenvalue weighted by atomic mass is 32.2. The lowest BCUT2D eigenvalue weighted by molar-refractivity contribution is -0.120. The van der Waals surface area contributed by atoms with Crippen molar-refractivity contribution in [3.8, 4) is 0 Å². The van der Waals surface area contributed by atoms with Gasteiger partial charge in [0, 0.05) is 25.7 Å². The normalized spacial score (nSPS) is 15.9. The van der Waals surface area contributed by atoms with Gasteiger partial charge in [-0.25, -0.2) is 8.42 Å². The summed E-state index contributed by atoms with van der Waals surface area (Å²) in [5.41, 5.74) is 1.31. The summed E-state index contributed by atoms with van der Waals surface area (Å²) in [7, 11) is -3.58. The molecule has 2 amide bonds. The Morgan fingerprint density at radius 3 is 2.27 bits per heavy atom. The van der Waals surface area contributed by atoms with E-state index in [1.165, 1.54) is 23.4 Å². The molecule has 8 nitrogen and oxygen atoms in total. The number of ether oxygens (including phenoxy) is 1. The van der Waals surface area contributed by atoms with E-state index in [9.17, 15) is 18.0 Å². The number of hydrogen-bond donors (Lipinski definition) is 2. The van der Waals surface area contributed by atoms with E-state index < -0.39 is 16.1 Å². The number of carbonyl (C=O) groups is 2. The number of morpholine rings is 1. The topological polar surface area (TPSA) is 105 Å². The summed E-state index contributed by atoms with van der Waals surface area (Å²) in [6.45, 7) is 2.81. The Morgan fingerprint density at radius 1 is 1.03 bits per heavy atom. The maximum Gasteiger partial charge on any atom is 0.243 e. The summed E-state index contributed by atoms with van der Waals surface area (Å²) in [4.78, 5) is 24.2. The zero-order valence-corrected chi connectivity index (χ0v) is 17.5. The van der Waals surface area contributed by atoms with Crippen molar-refractivity contribution in [3.63, 3.8) is 0 Å². The first kappa shape index (κ1) is 21.9. The van der Waals surface area contributed by atoms with Gasteiger partial charge in [-0.2, -0.15) is 4.31 Å². The highest BCUT2D eigenvalue weighted by molar-refractivity contribution is 7.89. The summed E-state index contributed by atoms with van der Waals surface area (Å²) >= 11 is 0. The Hall–Kier alpha value is -2.75. The molecule has 2 aromatic rings. The van der Waals surface area contributed by atoms with Crippen molar-refractivity contribution in [1.82, 2.24) is 9.62 Å². The van der Waals surface area contributed by atoms with Crippen LogP contribution in [0, 0.1) is 0 Å². The average molecular weight is 432 g/mol. The number of benzene rings is 2. The Kier molecular flexibility index (Phi) is 7.20. The van der Waals surface area contributed by atoms with Gasteiger partial charge < -0.3 is 15.4 Å². The number of carbonyl (C=O) groups excluding carboxylic acids is 2. The van der Waals surface area contributed by atoms with Crippen LogP contribution in [-0.4, -0.2) is 50.8 Å². The number of rotatable bonds is 7. The zero-order chi connectivity index (χ0) is 21.6. The number of anilines is 1. The summed E-state index contributed by atoms with van der Waals surface area (Å²) in [5.74, 6) is -0.518. The minimum atomic E-state index is -3.58. The minimum absolute atomic E-state index is 0.0530. The third kappa shape index (κ3) is 5.65. The molecule has 0 bridgehead atoms. The Bertz CT molecular complexity index is 971. The summed E-state index contributed by atoms with van der Waals surface area (Å²) < 4.78 is 31.9. The molecular formula is C21H25N3O5S. The second kappa shape index (κ2) is 9.84. The molecule has 0 aliphatic carbocycles. The van der Waals surface area contributed by atoms with Crippen molar-refractivity contribution in [2.24, 2.45) is 0 Å². The van der Waals surface area contributed by atoms with Crippen molar-refractivity contribution in [1.29, 1.82) is 0 Å². The predicted molar refractivity (Wildman–Crippen MR) is 112 cm³/mol. The molecule has 0 spiro atoms. The molecule has 2 N–H and O–H groups in total. The van der Waals surface area contributed by atoms with Crippen molar-refractivity contribution in [3.05, 3.63) is 60.2 Å². The summed E-state index contributed by atoms with van der Waals surface area (Å²) in [6.07, 6.45) is 0.0530. The smallest absolute Gasteiger partial charge is 0.243 e. The Morgan fingerprint density at radius 2 is 1.67 bits per heavy atom. The highest BCUT2D eigenvalue weighted by Gasteiger charge is 2.26. The zero-order valence-electron chi connectivity index (χ0n) is 16.7. The molecule has 0 saturated carbocycles. The van der Waals surface area contributed by atoms with Gasteiger partial charge in [-0.15, -0.1) is 0 Å². The fourth-order valence-electron chi connectivity index (χ4n) is 3.23. The van der Waals surface area contributed by atoms with E-state index in [4.69, 9.17) is 4.74 Å². The SMILES string of the molecule is CC(=O)N[C@H](CC(=O)Nc1ccc(S(=O)(=O)N2CCOCC2)cc1)c1ccccc1. The van der Waals surface area contributed by atoms with Crippen LogP contribution >= 0.6 is 0 Å². The molecule has 0 aromatic heterocycles. The first-order valence-corrected chi connectivity index (χ1v) is 11.1. The third-order valence-corrected chi connectivity index (χ3v) is 6.63. The maximum atomic E-state index is 12.7. The van der Waals surface area contributed by atoms with Crippen LogP contribution in [-0.2, 0) is 24.3 Å². The van der Waals surface area contributed by atoms with Crippen LogP contribution in [0.4, 0.5) is 5.69 Å². The molecule has 30 heavy (non-hydrogen) atoms. The number of hydrogen-bond acceptors (Lipinski definition) is 5. The van der Waals surface area contributed by atoms with E-state index >= 15 is 0 Å². The van der Waals surface area contributed by atoms with Gasteiger partial charge in [0.25, 0.3) is 0 Å².